The minimum atomic E-state index is -0.614. The van der Waals surface area contributed by atoms with Crippen LogP contribution in [0.3, 0.4) is 0 Å². The van der Waals surface area contributed by atoms with Crippen LogP contribution >= 0.6 is 11.6 Å². The number of amides is 1. The Bertz CT molecular complexity index is 891. The fraction of sp³-hybridized carbons (Fsp3) is 0.136. The van der Waals surface area contributed by atoms with E-state index in [1.165, 1.54) is 18.3 Å². The Kier molecular flexibility index (Phi) is 6.76. The first-order chi connectivity index (χ1) is 13.6. The number of benzene rings is 2. The molecule has 0 N–H and O–H groups in total. The Balaban J connectivity index is 1.67. The summed E-state index contributed by atoms with van der Waals surface area (Å²) in [5.41, 5.74) is 2.25. The second-order valence-electron chi connectivity index (χ2n) is 6.16. The minimum Gasteiger partial charge on any atom is -0.452 e. The summed E-state index contributed by atoms with van der Waals surface area (Å²) >= 11 is 5.79. The van der Waals surface area contributed by atoms with Gasteiger partial charge in [0.25, 0.3) is 5.91 Å². The van der Waals surface area contributed by atoms with Gasteiger partial charge in [-0.1, -0.05) is 72.3 Å². The highest BCUT2D eigenvalue weighted by molar-refractivity contribution is 6.29. The number of pyridine rings is 1. The Morgan fingerprint density at radius 1 is 0.893 bits per heavy atom. The normalized spacial score (nSPS) is 10.3. The standard InChI is InChI=1S/C22H19ClN2O3/c23-20-13-19(11-12-24-20)22(27)28-16-21(26)25(14-17-7-3-1-4-8-17)15-18-9-5-2-6-10-18/h1-13H,14-16H2. The van der Waals surface area contributed by atoms with Gasteiger partial charge in [0.15, 0.2) is 6.61 Å². The summed E-state index contributed by atoms with van der Waals surface area (Å²) in [5.74, 6) is -0.891. The molecule has 0 radical (unpaired) electrons. The molecule has 142 valence electrons. The molecule has 0 bridgehead atoms. The van der Waals surface area contributed by atoms with Gasteiger partial charge in [-0.05, 0) is 23.3 Å². The van der Waals surface area contributed by atoms with Crippen LogP contribution < -0.4 is 0 Å². The van der Waals surface area contributed by atoms with Crippen LogP contribution in [0.2, 0.25) is 5.15 Å². The summed E-state index contributed by atoms with van der Waals surface area (Å²) in [6.45, 7) is 0.499. The van der Waals surface area contributed by atoms with Crippen LogP contribution in [0.1, 0.15) is 21.5 Å². The van der Waals surface area contributed by atoms with E-state index in [1.807, 2.05) is 60.7 Å². The molecule has 3 aromatic rings. The summed E-state index contributed by atoms with van der Waals surface area (Å²) in [7, 11) is 0. The van der Waals surface area contributed by atoms with Gasteiger partial charge in [0.1, 0.15) is 5.15 Å². The largest absolute Gasteiger partial charge is 0.452 e. The highest BCUT2D eigenvalue weighted by Crippen LogP contribution is 2.12. The van der Waals surface area contributed by atoms with E-state index in [0.29, 0.717) is 13.1 Å². The van der Waals surface area contributed by atoms with Crippen LogP contribution in [-0.2, 0) is 22.6 Å². The van der Waals surface area contributed by atoms with Crippen molar-refractivity contribution in [3.05, 3.63) is 101 Å². The van der Waals surface area contributed by atoms with Gasteiger partial charge in [-0.2, -0.15) is 0 Å². The fourth-order valence-corrected chi connectivity index (χ4v) is 2.85. The van der Waals surface area contributed by atoms with Gasteiger partial charge in [-0.3, -0.25) is 4.79 Å². The third kappa shape index (κ3) is 5.66. The molecule has 0 unspecified atom stereocenters. The number of hydrogen-bond acceptors (Lipinski definition) is 4. The van der Waals surface area contributed by atoms with E-state index in [1.54, 1.807) is 4.90 Å². The molecule has 0 atom stereocenters. The maximum atomic E-state index is 12.8. The van der Waals surface area contributed by atoms with Gasteiger partial charge < -0.3 is 9.64 Å². The molecule has 1 amide bonds. The first-order valence-corrected chi connectivity index (χ1v) is 9.14. The van der Waals surface area contributed by atoms with Crippen molar-refractivity contribution in [3.8, 4) is 0 Å². The number of halogens is 1. The Labute approximate surface area is 168 Å². The molecule has 5 nitrogen and oxygen atoms in total. The summed E-state index contributed by atoms with van der Waals surface area (Å²) in [6.07, 6.45) is 1.41. The molecule has 28 heavy (non-hydrogen) atoms. The molecule has 0 saturated heterocycles. The second-order valence-corrected chi connectivity index (χ2v) is 6.55. The van der Waals surface area contributed by atoms with Gasteiger partial charge >= 0.3 is 5.97 Å². The van der Waals surface area contributed by atoms with Crippen LogP contribution in [0, 0.1) is 0 Å². The maximum absolute atomic E-state index is 12.8. The topological polar surface area (TPSA) is 59.5 Å². The molecule has 0 saturated carbocycles. The van der Waals surface area contributed by atoms with Crippen LogP contribution in [0.4, 0.5) is 0 Å². The molecule has 6 heteroatoms. The molecule has 0 aliphatic heterocycles. The summed E-state index contributed by atoms with van der Waals surface area (Å²) in [4.78, 5) is 30.4. The lowest BCUT2D eigenvalue weighted by Gasteiger charge is -2.23. The maximum Gasteiger partial charge on any atom is 0.338 e. The third-order valence-electron chi connectivity index (χ3n) is 4.07. The van der Waals surface area contributed by atoms with Crippen molar-refractivity contribution in [1.82, 2.24) is 9.88 Å². The molecule has 3 rings (SSSR count). The molecule has 1 aromatic heterocycles. The smallest absolute Gasteiger partial charge is 0.338 e. The quantitative estimate of drug-likeness (QED) is 0.446. The number of nitrogens with zero attached hydrogens (tertiary/aromatic N) is 2. The van der Waals surface area contributed by atoms with Gasteiger partial charge in [-0.15, -0.1) is 0 Å². The monoisotopic (exact) mass is 394 g/mol. The second kappa shape index (κ2) is 9.67. The molecule has 1 heterocycles. The molecule has 2 aromatic carbocycles. The number of esters is 1. The van der Waals surface area contributed by atoms with Crippen LogP contribution in [0.5, 0.6) is 0 Å². The lowest BCUT2D eigenvalue weighted by molar-refractivity contribution is -0.135. The van der Waals surface area contributed by atoms with Gasteiger partial charge in [0, 0.05) is 19.3 Å². The zero-order valence-corrected chi connectivity index (χ0v) is 15.9. The molecular formula is C22H19ClN2O3. The first kappa shape index (κ1) is 19.6. The average Bonchev–Trinajstić information content (AvgIpc) is 2.73. The molecule has 0 spiro atoms. The van der Waals surface area contributed by atoms with Gasteiger partial charge in [0.05, 0.1) is 5.56 Å². The van der Waals surface area contributed by atoms with Crippen LogP contribution in [-0.4, -0.2) is 28.4 Å². The van der Waals surface area contributed by atoms with Crippen molar-refractivity contribution in [2.24, 2.45) is 0 Å². The zero-order chi connectivity index (χ0) is 19.8. The van der Waals surface area contributed by atoms with E-state index >= 15 is 0 Å². The average molecular weight is 395 g/mol. The molecule has 0 aliphatic rings. The summed E-state index contributed by atoms with van der Waals surface area (Å²) in [5, 5.41) is 0.190. The SMILES string of the molecule is O=C(OCC(=O)N(Cc1ccccc1)Cc1ccccc1)c1ccnc(Cl)c1. The molecule has 0 aliphatic carbocycles. The third-order valence-corrected chi connectivity index (χ3v) is 4.28. The fourth-order valence-electron chi connectivity index (χ4n) is 2.67. The number of rotatable bonds is 7. The predicted molar refractivity (Wildman–Crippen MR) is 107 cm³/mol. The van der Waals surface area contributed by atoms with E-state index < -0.39 is 5.97 Å². The summed E-state index contributed by atoms with van der Waals surface area (Å²) in [6, 6.07) is 22.3. The van der Waals surface area contributed by atoms with Crippen LogP contribution in [0.25, 0.3) is 0 Å². The van der Waals surface area contributed by atoms with Crippen molar-refractivity contribution >= 4 is 23.5 Å². The first-order valence-electron chi connectivity index (χ1n) is 8.76. The van der Waals surface area contributed by atoms with E-state index in [-0.39, 0.29) is 23.2 Å². The number of aromatic nitrogens is 1. The van der Waals surface area contributed by atoms with E-state index in [2.05, 4.69) is 4.98 Å². The number of hydrogen-bond donors (Lipinski definition) is 0. The lowest BCUT2D eigenvalue weighted by Crippen LogP contribution is -2.33. The number of carbonyl (C=O) groups is 2. The van der Waals surface area contributed by atoms with Crippen molar-refractivity contribution in [2.75, 3.05) is 6.61 Å². The number of carbonyl (C=O) groups excluding carboxylic acids is 2. The van der Waals surface area contributed by atoms with E-state index in [4.69, 9.17) is 16.3 Å². The Hall–Kier alpha value is -3.18. The predicted octanol–water partition coefficient (Wildman–Crippen LogP) is 4.12. The molecule has 0 fully saturated rings. The van der Waals surface area contributed by atoms with E-state index in [0.717, 1.165) is 11.1 Å². The van der Waals surface area contributed by atoms with Gasteiger partial charge in [0.2, 0.25) is 0 Å². The van der Waals surface area contributed by atoms with Crippen molar-refractivity contribution < 1.29 is 14.3 Å². The van der Waals surface area contributed by atoms with Crippen molar-refractivity contribution in [1.29, 1.82) is 0 Å². The zero-order valence-electron chi connectivity index (χ0n) is 15.1. The summed E-state index contributed by atoms with van der Waals surface area (Å²) < 4.78 is 5.18. The number of ether oxygens (including phenoxy) is 1. The highest BCUT2D eigenvalue weighted by atomic mass is 35.5. The lowest BCUT2D eigenvalue weighted by atomic mass is 10.1. The Morgan fingerprint density at radius 2 is 1.46 bits per heavy atom. The van der Waals surface area contributed by atoms with Crippen LogP contribution in [0.15, 0.2) is 79.0 Å². The highest BCUT2D eigenvalue weighted by Gasteiger charge is 2.18. The van der Waals surface area contributed by atoms with E-state index in [9.17, 15) is 9.59 Å². The minimum absolute atomic E-state index is 0.190. The van der Waals surface area contributed by atoms with Crippen molar-refractivity contribution in [2.45, 2.75) is 13.1 Å². The van der Waals surface area contributed by atoms with Crippen molar-refractivity contribution in [3.63, 3.8) is 0 Å². The van der Waals surface area contributed by atoms with Gasteiger partial charge in [-0.25, -0.2) is 9.78 Å². The Morgan fingerprint density at radius 3 is 2.00 bits per heavy atom. The molecular weight excluding hydrogens is 376 g/mol.